The molecule has 20 heavy (non-hydrogen) atoms. The molecule has 0 spiro atoms. The van der Waals surface area contributed by atoms with Gasteiger partial charge in [-0.25, -0.2) is 4.39 Å². The van der Waals surface area contributed by atoms with Crippen LogP contribution in [-0.4, -0.2) is 12.5 Å². The smallest absolute Gasteiger partial charge is 0.262 e. The SMILES string of the molecule is Cc1ccc(Br)cc1OCC(=O)Nc1ccc(F)cc1. The Morgan fingerprint density at radius 3 is 2.65 bits per heavy atom. The van der Waals surface area contributed by atoms with E-state index in [-0.39, 0.29) is 18.3 Å². The number of nitrogens with one attached hydrogen (secondary N) is 1. The second-order valence-electron chi connectivity index (χ2n) is 4.25. The fourth-order valence-corrected chi connectivity index (χ4v) is 1.94. The minimum absolute atomic E-state index is 0.103. The van der Waals surface area contributed by atoms with Crippen molar-refractivity contribution in [1.29, 1.82) is 0 Å². The topological polar surface area (TPSA) is 38.3 Å². The van der Waals surface area contributed by atoms with Gasteiger partial charge in [0.25, 0.3) is 5.91 Å². The molecule has 0 aliphatic rings. The molecule has 1 amide bonds. The van der Waals surface area contributed by atoms with E-state index in [0.717, 1.165) is 10.0 Å². The maximum Gasteiger partial charge on any atom is 0.262 e. The fourth-order valence-electron chi connectivity index (χ4n) is 1.60. The average Bonchev–Trinajstić information content (AvgIpc) is 2.42. The van der Waals surface area contributed by atoms with E-state index in [1.165, 1.54) is 24.3 Å². The molecule has 3 nitrogen and oxygen atoms in total. The largest absolute Gasteiger partial charge is 0.483 e. The van der Waals surface area contributed by atoms with Crippen molar-refractivity contribution in [3.8, 4) is 5.75 Å². The first-order valence-corrected chi connectivity index (χ1v) is 6.78. The molecule has 0 aromatic heterocycles. The predicted molar refractivity (Wildman–Crippen MR) is 79.4 cm³/mol. The molecule has 0 aliphatic heterocycles. The van der Waals surface area contributed by atoms with Crippen LogP contribution in [0.2, 0.25) is 0 Å². The molecule has 0 saturated heterocycles. The Hall–Kier alpha value is -1.88. The molecule has 0 bridgehead atoms. The molecule has 0 saturated carbocycles. The average molecular weight is 338 g/mol. The van der Waals surface area contributed by atoms with Gasteiger partial charge in [0.1, 0.15) is 11.6 Å². The van der Waals surface area contributed by atoms with Crippen LogP contribution in [-0.2, 0) is 4.79 Å². The zero-order valence-corrected chi connectivity index (χ0v) is 12.4. The molecule has 0 aliphatic carbocycles. The van der Waals surface area contributed by atoms with Gasteiger partial charge >= 0.3 is 0 Å². The lowest BCUT2D eigenvalue weighted by molar-refractivity contribution is -0.118. The van der Waals surface area contributed by atoms with Crippen LogP contribution in [0.4, 0.5) is 10.1 Å². The predicted octanol–water partition coefficient (Wildman–Crippen LogP) is 3.91. The third-order valence-corrected chi connectivity index (χ3v) is 3.13. The minimum Gasteiger partial charge on any atom is -0.483 e. The Morgan fingerprint density at radius 1 is 1.25 bits per heavy atom. The fraction of sp³-hybridized carbons (Fsp3) is 0.133. The van der Waals surface area contributed by atoms with E-state index < -0.39 is 0 Å². The summed E-state index contributed by atoms with van der Waals surface area (Å²) < 4.78 is 19.1. The maximum atomic E-state index is 12.7. The van der Waals surface area contributed by atoms with Gasteiger partial charge in [-0.2, -0.15) is 0 Å². The highest BCUT2D eigenvalue weighted by Crippen LogP contribution is 2.22. The van der Waals surface area contributed by atoms with Gasteiger partial charge < -0.3 is 10.1 Å². The van der Waals surface area contributed by atoms with Crippen molar-refractivity contribution in [3.05, 3.63) is 58.3 Å². The van der Waals surface area contributed by atoms with E-state index in [1.807, 2.05) is 19.1 Å². The van der Waals surface area contributed by atoms with Crippen LogP contribution in [0, 0.1) is 12.7 Å². The monoisotopic (exact) mass is 337 g/mol. The van der Waals surface area contributed by atoms with Crippen LogP contribution in [0.25, 0.3) is 0 Å². The normalized spacial score (nSPS) is 10.2. The lowest BCUT2D eigenvalue weighted by Crippen LogP contribution is -2.20. The summed E-state index contributed by atoms with van der Waals surface area (Å²) in [5, 5.41) is 2.63. The molecular weight excluding hydrogens is 325 g/mol. The van der Waals surface area contributed by atoms with Crippen molar-refractivity contribution in [2.45, 2.75) is 6.92 Å². The van der Waals surface area contributed by atoms with Gasteiger partial charge in [0.2, 0.25) is 0 Å². The number of carbonyl (C=O) groups excluding carboxylic acids is 1. The van der Waals surface area contributed by atoms with E-state index >= 15 is 0 Å². The zero-order valence-electron chi connectivity index (χ0n) is 10.8. The quantitative estimate of drug-likeness (QED) is 0.918. The van der Waals surface area contributed by atoms with E-state index in [2.05, 4.69) is 21.2 Å². The lowest BCUT2D eigenvalue weighted by atomic mass is 10.2. The maximum absolute atomic E-state index is 12.7. The van der Waals surface area contributed by atoms with Crippen LogP contribution >= 0.6 is 15.9 Å². The van der Waals surface area contributed by atoms with Crippen molar-refractivity contribution >= 4 is 27.5 Å². The number of hydrogen-bond acceptors (Lipinski definition) is 2. The molecule has 0 atom stereocenters. The van der Waals surface area contributed by atoms with Gasteiger partial charge in [-0.1, -0.05) is 22.0 Å². The number of amides is 1. The van der Waals surface area contributed by atoms with Crippen molar-refractivity contribution in [3.63, 3.8) is 0 Å². The molecule has 2 aromatic carbocycles. The van der Waals surface area contributed by atoms with E-state index in [1.54, 1.807) is 6.07 Å². The molecule has 2 aromatic rings. The summed E-state index contributed by atoms with van der Waals surface area (Å²) in [4.78, 5) is 11.7. The number of hydrogen-bond donors (Lipinski definition) is 1. The first kappa shape index (κ1) is 14.5. The molecule has 0 heterocycles. The molecular formula is C15H13BrFNO2. The molecule has 104 valence electrons. The lowest BCUT2D eigenvalue weighted by Gasteiger charge is -2.10. The Kier molecular flexibility index (Phi) is 4.74. The van der Waals surface area contributed by atoms with Crippen molar-refractivity contribution in [2.75, 3.05) is 11.9 Å². The Bertz CT molecular complexity index is 614. The summed E-state index contributed by atoms with van der Waals surface area (Å²) in [7, 11) is 0. The summed E-state index contributed by atoms with van der Waals surface area (Å²) >= 11 is 3.35. The van der Waals surface area contributed by atoms with Gasteiger partial charge in [-0.05, 0) is 48.9 Å². The number of rotatable bonds is 4. The molecule has 0 unspecified atom stereocenters. The minimum atomic E-state index is -0.344. The van der Waals surface area contributed by atoms with E-state index in [0.29, 0.717) is 11.4 Å². The molecule has 2 rings (SSSR count). The van der Waals surface area contributed by atoms with Crippen molar-refractivity contribution in [1.82, 2.24) is 0 Å². The summed E-state index contributed by atoms with van der Waals surface area (Å²) in [6.07, 6.45) is 0. The van der Waals surface area contributed by atoms with Crippen LogP contribution in [0.3, 0.4) is 0 Å². The summed E-state index contributed by atoms with van der Waals surface area (Å²) in [5.74, 6) is 0.00799. The standard InChI is InChI=1S/C15H13BrFNO2/c1-10-2-3-11(16)8-14(10)20-9-15(19)18-13-6-4-12(17)5-7-13/h2-8H,9H2,1H3,(H,18,19). The number of anilines is 1. The first-order valence-electron chi connectivity index (χ1n) is 5.99. The first-order chi connectivity index (χ1) is 9.54. The summed E-state index contributed by atoms with van der Waals surface area (Å²) in [6, 6.07) is 11.2. The second kappa shape index (κ2) is 6.52. The number of aryl methyl sites for hydroxylation is 1. The zero-order chi connectivity index (χ0) is 14.5. The van der Waals surface area contributed by atoms with Gasteiger partial charge in [0.05, 0.1) is 0 Å². The molecule has 0 radical (unpaired) electrons. The highest BCUT2D eigenvalue weighted by Gasteiger charge is 2.06. The van der Waals surface area contributed by atoms with Crippen LogP contribution in [0.1, 0.15) is 5.56 Å². The van der Waals surface area contributed by atoms with Crippen LogP contribution in [0.5, 0.6) is 5.75 Å². The second-order valence-corrected chi connectivity index (χ2v) is 5.17. The van der Waals surface area contributed by atoms with Gasteiger partial charge in [-0.15, -0.1) is 0 Å². The number of carbonyl (C=O) groups is 1. The number of benzene rings is 2. The summed E-state index contributed by atoms with van der Waals surface area (Å²) in [5.41, 5.74) is 1.48. The van der Waals surface area contributed by atoms with Gasteiger partial charge in [0, 0.05) is 10.2 Å². The van der Waals surface area contributed by atoms with Crippen LogP contribution in [0.15, 0.2) is 46.9 Å². The van der Waals surface area contributed by atoms with Gasteiger partial charge in [-0.3, -0.25) is 4.79 Å². The Labute approximate surface area is 124 Å². The number of halogens is 2. The van der Waals surface area contributed by atoms with Crippen LogP contribution < -0.4 is 10.1 Å². The van der Waals surface area contributed by atoms with E-state index in [4.69, 9.17) is 4.74 Å². The molecule has 1 N–H and O–H groups in total. The van der Waals surface area contributed by atoms with E-state index in [9.17, 15) is 9.18 Å². The number of ether oxygens (including phenoxy) is 1. The Balaban J connectivity index is 1.92. The molecule has 0 fully saturated rings. The summed E-state index contributed by atoms with van der Waals surface area (Å²) in [6.45, 7) is 1.80. The molecule has 5 heteroatoms. The van der Waals surface area contributed by atoms with Crippen molar-refractivity contribution in [2.24, 2.45) is 0 Å². The highest BCUT2D eigenvalue weighted by atomic mass is 79.9. The third kappa shape index (κ3) is 4.06. The third-order valence-electron chi connectivity index (χ3n) is 2.64. The highest BCUT2D eigenvalue weighted by molar-refractivity contribution is 9.10. The van der Waals surface area contributed by atoms with Gasteiger partial charge in [0.15, 0.2) is 6.61 Å². The Morgan fingerprint density at radius 2 is 1.95 bits per heavy atom. The van der Waals surface area contributed by atoms with Crippen molar-refractivity contribution < 1.29 is 13.9 Å².